The Kier molecular flexibility index (Phi) is 4.09. The molecule has 6 heteroatoms. The lowest BCUT2D eigenvalue weighted by atomic mass is 9.53. The molecule has 1 aliphatic heterocycles. The largest absolute Gasteiger partial charge is 0.352 e. The highest BCUT2D eigenvalue weighted by atomic mass is 16.8. The number of ether oxygens (including phenoxy) is 3. The van der Waals surface area contributed by atoms with E-state index in [-0.39, 0.29) is 18.1 Å². The van der Waals surface area contributed by atoms with Gasteiger partial charge in [0.15, 0.2) is 6.29 Å². The summed E-state index contributed by atoms with van der Waals surface area (Å²) >= 11 is 0. The van der Waals surface area contributed by atoms with Crippen molar-refractivity contribution in [2.24, 2.45) is 17.8 Å². The smallest absolute Gasteiger partial charge is 0.315 e. The molecule has 4 aliphatic carbocycles. The van der Waals surface area contributed by atoms with E-state index >= 15 is 0 Å². The zero-order chi connectivity index (χ0) is 16.8. The first-order chi connectivity index (χ1) is 11.5. The van der Waals surface area contributed by atoms with Gasteiger partial charge in [0.05, 0.1) is 6.54 Å². The molecule has 0 radical (unpaired) electrons. The first-order valence-electron chi connectivity index (χ1n) is 9.05. The van der Waals surface area contributed by atoms with Crippen molar-refractivity contribution in [3.63, 3.8) is 0 Å². The summed E-state index contributed by atoms with van der Waals surface area (Å²) in [4.78, 5) is 12.5. The lowest BCUT2D eigenvalue weighted by Crippen LogP contribution is -2.62. The van der Waals surface area contributed by atoms with Crippen LogP contribution in [0.2, 0.25) is 0 Å². The van der Waals surface area contributed by atoms with Crippen molar-refractivity contribution in [2.75, 3.05) is 20.8 Å². The van der Waals surface area contributed by atoms with Crippen LogP contribution in [-0.2, 0) is 14.2 Å². The second-order valence-corrected chi connectivity index (χ2v) is 8.10. The number of hydrogen-bond acceptors (Lipinski definition) is 4. The molecule has 2 unspecified atom stereocenters. The lowest BCUT2D eigenvalue weighted by Gasteiger charge is -2.56. The molecule has 0 aromatic rings. The number of amides is 2. The van der Waals surface area contributed by atoms with Gasteiger partial charge in [-0.25, -0.2) is 4.79 Å². The molecular weight excluding hydrogens is 308 g/mol. The fourth-order valence-corrected chi connectivity index (χ4v) is 5.67. The van der Waals surface area contributed by atoms with E-state index in [4.69, 9.17) is 14.2 Å². The third kappa shape index (κ3) is 2.95. The van der Waals surface area contributed by atoms with Crippen molar-refractivity contribution in [1.29, 1.82) is 0 Å². The third-order valence-corrected chi connectivity index (χ3v) is 6.31. The normalized spacial score (nSPS) is 45.6. The van der Waals surface area contributed by atoms with E-state index in [0.29, 0.717) is 0 Å². The molecule has 2 N–H and O–H groups in total. The zero-order valence-electron chi connectivity index (χ0n) is 14.5. The van der Waals surface area contributed by atoms with Crippen LogP contribution in [-0.4, -0.2) is 44.4 Å². The molecule has 0 aromatic carbocycles. The maximum Gasteiger partial charge on any atom is 0.315 e. The number of carbonyl (C=O) groups excluding carboxylic acids is 1. The molecule has 6 nitrogen and oxygen atoms in total. The molecule has 0 spiro atoms. The van der Waals surface area contributed by atoms with Gasteiger partial charge < -0.3 is 24.8 Å². The van der Waals surface area contributed by atoms with Crippen molar-refractivity contribution in [1.82, 2.24) is 10.6 Å². The molecule has 134 valence electrons. The standard InChI is InChI=1S/C18H28N2O4/c1-22-15-3-4-18(23-2,24-15)11-19-16(21)20-17-8-12-5-13(9-17)7-14(6-12)10-17/h3-4,12-15H,5-11H2,1-2H3,(H2,19,20,21). The maximum atomic E-state index is 12.5. The van der Waals surface area contributed by atoms with Crippen LogP contribution < -0.4 is 10.6 Å². The molecule has 5 rings (SSSR count). The van der Waals surface area contributed by atoms with E-state index in [2.05, 4.69) is 10.6 Å². The van der Waals surface area contributed by atoms with Crippen molar-refractivity contribution < 1.29 is 19.0 Å². The Morgan fingerprint density at radius 2 is 1.79 bits per heavy atom. The minimum atomic E-state index is -0.945. The highest BCUT2D eigenvalue weighted by Crippen LogP contribution is 2.55. The van der Waals surface area contributed by atoms with Crippen molar-refractivity contribution in [2.45, 2.75) is 56.1 Å². The van der Waals surface area contributed by atoms with Gasteiger partial charge in [0.1, 0.15) is 0 Å². The third-order valence-electron chi connectivity index (χ3n) is 6.31. The van der Waals surface area contributed by atoms with Crippen molar-refractivity contribution in [3.8, 4) is 0 Å². The predicted octanol–water partition coefficient (Wildman–Crippen LogP) is 2.16. The Hall–Kier alpha value is -1.11. The summed E-state index contributed by atoms with van der Waals surface area (Å²) in [5, 5.41) is 6.23. The summed E-state index contributed by atoms with van der Waals surface area (Å²) in [5.41, 5.74) is 0.0144. The Morgan fingerprint density at radius 3 is 2.29 bits per heavy atom. The van der Waals surface area contributed by atoms with Gasteiger partial charge in [0, 0.05) is 19.8 Å². The van der Waals surface area contributed by atoms with Crippen LogP contribution in [0.4, 0.5) is 4.79 Å². The summed E-state index contributed by atoms with van der Waals surface area (Å²) < 4.78 is 16.3. The van der Waals surface area contributed by atoms with E-state index in [0.717, 1.165) is 37.0 Å². The summed E-state index contributed by atoms with van der Waals surface area (Å²) in [7, 11) is 3.15. The molecular formula is C18H28N2O4. The van der Waals surface area contributed by atoms with Gasteiger partial charge in [0.2, 0.25) is 5.79 Å². The van der Waals surface area contributed by atoms with Crippen LogP contribution in [0.1, 0.15) is 38.5 Å². The quantitative estimate of drug-likeness (QED) is 0.755. The fraction of sp³-hybridized carbons (Fsp3) is 0.833. The van der Waals surface area contributed by atoms with E-state index in [1.54, 1.807) is 26.4 Å². The van der Waals surface area contributed by atoms with Crippen LogP contribution in [0.3, 0.4) is 0 Å². The van der Waals surface area contributed by atoms with Crippen molar-refractivity contribution in [3.05, 3.63) is 12.2 Å². The second-order valence-electron chi connectivity index (χ2n) is 8.10. The predicted molar refractivity (Wildman–Crippen MR) is 88.2 cm³/mol. The molecule has 4 fully saturated rings. The van der Waals surface area contributed by atoms with E-state index in [1.165, 1.54) is 19.3 Å². The Labute approximate surface area is 143 Å². The topological polar surface area (TPSA) is 68.8 Å². The van der Waals surface area contributed by atoms with Gasteiger partial charge in [-0.05, 0) is 68.4 Å². The molecule has 2 amide bonds. The second kappa shape index (κ2) is 6.00. The van der Waals surface area contributed by atoms with Gasteiger partial charge in [-0.15, -0.1) is 0 Å². The maximum absolute atomic E-state index is 12.5. The van der Waals surface area contributed by atoms with Gasteiger partial charge in [-0.1, -0.05) is 0 Å². The molecule has 24 heavy (non-hydrogen) atoms. The van der Waals surface area contributed by atoms with Crippen LogP contribution in [0, 0.1) is 17.8 Å². The van der Waals surface area contributed by atoms with Gasteiger partial charge >= 0.3 is 6.03 Å². The van der Waals surface area contributed by atoms with Gasteiger partial charge in [-0.2, -0.15) is 0 Å². The average molecular weight is 336 g/mol. The summed E-state index contributed by atoms with van der Waals surface area (Å²) in [6, 6.07) is -0.119. The number of nitrogens with one attached hydrogen (secondary N) is 2. The number of urea groups is 1. The van der Waals surface area contributed by atoms with Crippen LogP contribution >= 0.6 is 0 Å². The van der Waals surface area contributed by atoms with E-state index < -0.39 is 12.1 Å². The van der Waals surface area contributed by atoms with Crippen molar-refractivity contribution >= 4 is 6.03 Å². The molecule has 0 aromatic heterocycles. The molecule has 1 heterocycles. The van der Waals surface area contributed by atoms with Gasteiger partial charge in [-0.3, -0.25) is 0 Å². The molecule has 4 saturated carbocycles. The number of rotatable bonds is 5. The minimum absolute atomic E-state index is 0.0144. The Morgan fingerprint density at radius 1 is 1.17 bits per heavy atom. The van der Waals surface area contributed by atoms with Crippen LogP contribution in [0.15, 0.2) is 12.2 Å². The summed E-state index contributed by atoms with van der Waals surface area (Å²) in [6.45, 7) is 0.262. The molecule has 2 atom stereocenters. The van der Waals surface area contributed by atoms with Crippen LogP contribution in [0.5, 0.6) is 0 Å². The molecule has 5 aliphatic rings. The average Bonchev–Trinajstić information content (AvgIpc) is 2.95. The van der Waals surface area contributed by atoms with Crippen LogP contribution in [0.25, 0.3) is 0 Å². The molecule has 4 bridgehead atoms. The summed E-state index contributed by atoms with van der Waals surface area (Å²) in [6.07, 6.45) is 10.7. The number of hydrogen-bond donors (Lipinski definition) is 2. The zero-order valence-corrected chi connectivity index (χ0v) is 14.5. The van der Waals surface area contributed by atoms with E-state index in [1.807, 2.05) is 0 Å². The highest BCUT2D eigenvalue weighted by molar-refractivity contribution is 5.75. The van der Waals surface area contributed by atoms with E-state index in [9.17, 15) is 4.79 Å². The number of carbonyl (C=O) groups is 1. The molecule has 0 saturated heterocycles. The highest BCUT2D eigenvalue weighted by Gasteiger charge is 2.51. The van der Waals surface area contributed by atoms with Gasteiger partial charge in [0.25, 0.3) is 0 Å². The minimum Gasteiger partial charge on any atom is -0.352 e. The fourth-order valence-electron chi connectivity index (χ4n) is 5.67. The summed E-state index contributed by atoms with van der Waals surface area (Å²) in [5.74, 6) is 1.49. The first-order valence-corrected chi connectivity index (χ1v) is 9.05. The first kappa shape index (κ1) is 16.4. The lowest BCUT2D eigenvalue weighted by molar-refractivity contribution is -0.238. The Bertz CT molecular complexity index is 500. The number of methoxy groups -OCH3 is 2. The SMILES string of the molecule is COC1C=CC(CNC(=O)NC23CC4CC(CC(C4)C2)C3)(OC)O1. The Balaban J connectivity index is 1.33. The monoisotopic (exact) mass is 336 g/mol.